The molecule has 2 atom stereocenters. The summed E-state index contributed by atoms with van der Waals surface area (Å²) in [6, 6.07) is 5.48. The van der Waals surface area contributed by atoms with Crippen LogP contribution in [0.1, 0.15) is 47.9 Å². The minimum atomic E-state index is 0.352. The standard InChI is InChI=1S/C17H28N2/c1-12-9-13(2)15(14(3)10-12)11-19(4)17-8-6-5-7-16(17)18/h9-10,16-17H,5-8,11,18H2,1-4H3. The fourth-order valence-corrected chi connectivity index (χ4v) is 3.51. The van der Waals surface area contributed by atoms with Crippen LogP contribution in [0.2, 0.25) is 0 Å². The highest BCUT2D eigenvalue weighted by Crippen LogP contribution is 2.24. The third-order valence-electron chi connectivity index (χ3n) is 4.60. The van der Waals surface area contributed by atoms with E-state index >= 15 is 0 Å². The summed E-state index contributed by atoms with van der Waals surface area (Å²) in [6.07, 6.45) is 5.06. The first-order valence-electron chi connectivity index (χ1n) is 7.51. The highest BCUT2D eigenvalue weighted by Gasteiger charge is 2.25. The van der Waals surface area contributed by atoms with Crippen LogP contribution >= 0.6 is 0 Å². The Hall–Kier alpha value is -0.860. The van der Waals surface area contributed by atoms with Crippen LogP contribution in [0.3, 0.4) is 0 Å². The third-order valence-corrected chi connectivity index (χ3v) is 4.60. The summed E-state index contributed by atoms with van der Waals surface area (Å²) >= 11 is 0. The maximum Gasteiger partial charge on any atom is 0.0247 e. The molecule has 1 aliphatic rings. The molecule has 1 aliphatic carbocycles. The highest BCUT2D eigenvalue weighted by atomic mass is 15.1. The second kappa shape index (κ2) is 6.06. The molecule has 106 valence electrons. The monoisotopic (exact) mass is 260 g/mol. The fourth-order valence-electron chi connectivity index (χ4n) is 3.51. The van der Waals surface area contributed by atoms with E-state index in [2.05, 4.69) is 44.9 Å². The zero-order chi connectivity index (χ0) is 14.0. The number of nitrogens with zero attached hydrogens (tertiary/aromatic N) is 1. The van der Waals surface area contributed by atoms with E-state index < -0.39 is 0 Å². The minimum absolute atomic E-state index is 0.352. The zero-order valence-electron chi connectivity index (χ0n) is 12.9. The fraction of sp³-hybridized carbons (Fsp3) is 0.647. The van der Waals surface area contributed by atoms with Gasteiger partial charge in [-0.1, -0.05) is 30.5 Å². The average Bonchev–Trinajstić information content (AvgIpc) is 2.34. The molecule has 0 spiro atoms. The lowest BCUT2D eigenvalue weighted by Crippen LogP contribution is -2.47. The van der Waals surface area contributed by atoms with Gasteiger partial charge < -0.3 is 5.73 Å². The van der Waals surface area contributed by atoms with Crippen LogP contribution in [0.25, 0.3) is 0 Å². The van der Waals surface area contributed by atoms with E-state index in [1.807, 2.05) is 0 Å². The van der Waals surface area contributed by atoms with Gasteiger partial charge in [-0.15, -0.1) is 0 Å². The zero-order valence-corrected chi connectivity index (χ0v) is 12.9. The Bertz CT molecular complexity index is 416. The van der Waals surface area contributed by atoms with Crippen LogP contribution in [0.4, 0.5) is 0 Å². The van der Waals surface area contributed by atoms with Gasteiger partial charge in [0.05, 0.1) is 0 Å². The summed E-state index contributed by atoms with van der Waals surface area (Å²) in [4.78, 5) is 2.47. The molecule has 1 saturated carbocycles. The molecule has 0 aliphatic heterocycles. The molecule has 2 heteroatoms. The summed E-state index contributed by atoms with van der Waals surface area (Å²) in [5.74, 6) is 0. The maximum absolute atomic E-state index is 6.29. The van der Waals surface area contributed by atoms with Gasteiger partial charge in [0.15, 0.2) is 0 Å². The van der Waals surface area contributed by atoms with E-state index in [1.54, 1.807) is 0 Å². The Balaban J connectivity index is 2.12. The lowest BCUT2D eigenvalue weighted by Gasteiger charge is -2.36. The van der Waals surface area contributed by atoms with Crippen LogP contribution in [0, 0.1) is 20.8 Å². The maximum atomic E-state index is 6.29. The van der Waals surface area contributed by atoms with Gasteiger partial charge in [0, 0.05) is 18.6 Å². The van der Waals surface area contributed by atoms with E-state index in [0.29, 0.717) is 12.1 Å². The molecule has 2 unspecified atom stereocenters. The lowest BCUT2D eigenvalue weighted by atomic mass is 9.89. The van der Waals surface area contributed by atoms with Crippen molar-refractivity contribution in [1.29, 1.82) is 0 Å². The Labute approximate surface area is 118 Å². The summed E-state index contributed by atoms with van der Waals surface area (Å²) in [6.45, 7) is 7.65. The second-order valence-corrected chi connectivity index (χ2v) is 6.31. The number of hydrogen-bond acceptors (Lipinski definition) is 2. The van der Waals surface area contributed by atoms with Crippen LogP contribution < -0.4 is 5.73 Å². The molecule has 0 bridgehead atoms. The topological polar surface area (TPSA) is 29.3 Å². The molecule has 2 N–H and O–H groups in total. The SMILES string of the molecule is Cc1cc(C)c(CN(C)C2CCCCC2N)c(C)c1. The molecule has 0 heterocycles. The van der Waals surface area contributed by atoms with E-state index in [-0.39, 0.29) is 0 Å². The van der Waals surface area contributed by atoms with E-state index in [0.717, 1.165) is 6.54 Å². The predicted molar refractivity (Wildman–Crippen MR) is 82.4 cm³/mol. The van der Waals surface area contributed by atoms with E-state index in [1.165, 1.54) is 47.9 Å². The third kappa shape index (κ3) is 3.37. The first-order valence-corrected chi connectivity index (χ1v) is 7.51. The normalized spacial score (nSPS) is 23.9. The molecule has 2 rings (SSSR count). The van der Waals surface area contributed by atoms with Gasteiger partial charge in [-0.2, -0.15) is 0 Å². The van der Waals surface area contributed by atoms with Gasteiger partial charge in [0.2, 0.25) is 0 Å². The van der Waals surface area contributed by atoms with Gasteiger partial charge >= 0.3 is 0 Å². The van der Waals surface area contributed by atoms with Crippen molar-refractivity contribution in [2.75, 3.05) is 7.05 Å². The Morgan fingerprint density at radius 3 is 2.26 bits per heavy atom. The first-order chi connectivity index (χ1) is 8.99. The van der Waals surface area contributed by atoms with Gasteiger partial charge in [0.1, 0.15) is 0 Å². The number of nitrogens with two attached hydrogens (primary N) is 1. The van der Waals surface area contributed by atoms with Crippen molar-refractivity contribution in [3.8, 4) is 0 Å². The molecule has 1 fully saturated rings. The minimum Gasteiger partial charge on any atom is -0.326 e. The van der Waals surface area contributed by atoms with Crippen molar-refractivity contribution in [3.63, 3.8) is 0 Å². The number of hydrogen-bond donors (Lipinski definition) is 1. The highest BCUT2D eigenvalue weighted by molar-refractivity contribution is 5.37. The summed E-state index contributed by atoms with van der Waals surface area (Å²) in [5.41, 5.74) is 11.9. The van der Waals surface area contributed by atoms with Crippen molar-refractivity contribution in [1.82, 2.24) is 4.90 Å². The quantitative estimate of drug-likeness (QED) is 0.903. The second-order valence-electron chi connectivity index (χ2n) is 6.31. The number of likely N-dealkylation sites (N-methyl/N-ethyl adjacent to an activating group) is 1. The Morgan fingerprint density at radius 2 is 1.68 bits per heavy atom. The van der Waals surface area contributed by atoms with Crippen molar-refractivity contribution in [3.05, 3.63) is 34.4 Å². The lowest BCUT2D eigenvalue weighted by molar-refractivity contribution is 0.162. The molecule has 2 nitrogen and oxygen atoms in total. The van der Waals surface area contributed by atoms with Gasteiger partial charge in [-0.25, -0.2) is 0 Å². The Kier molecular flexibility index (Phi) is 4.64. The van der Waals surface area contributed by atoms with Crippen LogP contribution in [0.15, 0.2) is 12.1 Å². The summed E-state index contributed by atoms with van der Waals surface area (Å²) in [7, 11) is 2.23. The number of benzene rings is 1. The molecule has 1 aromatic carbocycles. The van der Waals surface area contributed by atoms with Crippen LogP contribution in [-0.2, 0) is 6.54 Å². The number of rotatable bonds is 3. The van der Waals surface area contributed by atoms with Crippen molar-refractivity contribution in [2.45, 2.75) is 65.1 Å². The van der Waals surface area contributed by atoms with Gasteiger partial charge in [-0.3, -0.25) is 4.90 Å². The summed E-state index contributed by atoms with van der Waals surface area (Å²) in [5, 5.41) is 0. The van der Waals surface area contributed by atoms with Gasteiger partial charge in [-0.05, 0) is 57.4 Å². The van der Waals surface area contributed by atoms with E-state index in [4.69, 9.17) is 5.73 Å². The number of aryl methyl sites for hydroxylation is 3. The molecular formula is C17H28N2. The predicted octanol–water partition coefficient (Wildman–Crippen LogP) is 3.31. The molecule has 0 radical (unpaired) electrons. The van der Waals surface area contributed by atoms with Crippen molar-refractivity contribution >= 4 is 0 Å². The molecule has 0 aromatic heterocycles. The molecule has 1 aromatic rings. The first kappa shape index (κ1) is 14.5. The van der Waals surface area contributed by atoms with Crippen molar-refractivity contribution in [2.24, 2.45) is 5.73 Å². The smallest absolute Gasteiger partial charge is 0.0247 e. The molecule has 0 saturated heterocycles. The van der Waals surface area contributed by atoms with Crippen LogP contribution in [-0.4, -0.2) is 24.0 Å². The molecule has 0 amide bonds. The Morgan fingerprint density at radius 1 is 1.11 bits per heavy atom. The van der Waals surface area contributed by atoms with Crippen LogP contribution in [0.5, 0.6) is 0 Å². The average molecular weight is 260 g/mol. The van der Waals surface area contributed by atoms with Gasteiger partial charge in [0.25, 0.3) is 0 Å². The largest absolute Gasteiger partial charge is 0.326 e. The van der Waals surface area contributed by atoms with E-state index in [9.17, 15) is 0 Å². The van der Waals surface area contributed by atoms with Crippen molar-refractivity contribution < 1.29 is 0 Å². The summed E-state index contributed by atoms with van der Waals surface area (Å²) < 4.78 is 0. The molecule has 19 heavy (non-hydrogen) atoms. The molecular weight excluding hydrogens is 232 g/mol.